The maximum atomic E-state index is 11.9. The molecule has 2 fully saturated rings. The molecule has 2 nitrogen and oxygen atoms in total. The van der Waals surface area contributed by atoms with E-state index < -0.39 is 0 Å². The van der Waals surface area contributed by atoms with Gasteiger partial charge in [-0.1, -0.05) is 12.8 Å². The highest BCUT2D eigenvalue weighted by molar-refractivity contribution is 6.18. The Hall–Kier alpha value is -0.240. The number of hydrogen-bond acceptors (Lipinski definition) is 1. The lowest BCUT2D eigenvalue weighted by Crippen LogP contribution is -2.41. The minimum absolute atomic E-state index is 0.346. The molecule has 2 rings (SSSR count). The fraction of sp³-hybridized carbons (Fsp3) is 0.909. The summed E-state index contributed by atoms with van der Waals surface area (Å²) in [5.41, 5.74) is 0. The van der Waals surface area contributed by atoms with Crippen LogP contribution in [-0.4, -0.2) is 29.3 Å². The molecule has 0 saturated heterocycles. The zero-order valence-electron chi connectivity index (χ0n) is 8.54. The van der Waals surface area contributed by atoms with Crippen LogP contribution in [0.1, 0.15) is 38.5 Å². The van der Waals surface area contributed by atoms with Crippen molar-refractivity contribution in [2.24, 2.45) is 5.92 Å². The van der Waals surface area contributed by atoms with Crippen LogP contribution in [0.2, 0.25) is 0 Å². The fourth-order valence-electron chi connectivity index (χ4n) is 2.34. The Bertz CT molecular complexity index is 209. The summed E-state index contributed by atoms with van der Waals surface area (Å²) in [4.78, 5) is 14.0. The number of nitrogens with zero attached hydrogens (tertiary/aromatic N) is 1. The van der Waals surface area contributed by atoms with E-state index in [-0.39, 0.29) is 0 Å². The van der Waals surface area contributed by atoms with Gasteiger partial charge in [-0.2, -0.15) is 0 Å². The number of rotatable bonds is 4. The van der Waals surface area contributed by atoms with Gasteiger partial charge in [-0.3, -0.25) is 4.79 Å². The highest BCUT2D eigenvalue weighted by atomic mass is 35.5. The van der Waals surface area contributed by atoms with Crippen molar-refractivity contribution in [1.82, 2.24) is 4.90 Å². The van der Waals surface area contributed by atoms with E-state index in [0.29, 0.717) is 23.7 Å². The standard InChI is InChI=1S/C11H18ClNO/c12-7-8-13(10-3-1-2-4-10)11(14)9-5-6-9/h9-10H,1-8H2. The number of halogens is 1. The van der Waals surface area contributed by atoms with Crippen molar-refractivity contribution < 1.29 is 4.79 Å². The van der Waals surface area contributed by atoms with Crippen molar-refractivity contribution in [3.63, 3.8) is 0 Å². The second-order valence-electron chi connectivity index (χ2n) is 4.43. The Balaban J connectivity index is 1.94. The maximum Gasteiger partial charge on any atom is 0.225 e. The van der Waals surface area contributed by atoms with E-state index in [1.807, 2.05) is 0 Å². The van der Waals surface area contributed by atoms with E-state index in [0.717, 1.165) is 19.4 Å². The Morgan fingerprint density at radius 3 is 2.36 bits per heavy atom. The third kappa shape index (κ3) is 2.22. The first-order chi connectivity index (χ1) is 6.83. The van der Waals surface area contributed by atoms with Crippen molar-refractivity contribution in [2.45, 2.75) is 44.6 Å². The molecule has 0 heterocycles. The van der Waals surface area contributed by atoms with Gasteiger partial charge in [0.2, 0.25) is 5.91 Å². The normalized spacial score (nSPS) is 22.6. The lowest BCUT2D eigenvalue weighted by atomic mass is 10.2. The van der Waals surface area contributed by atoms with Crippen LogP contribution in [0.4, 0.5) is 0 Å². The molecule has 1 amide bonds. The molecule has 0 spiro atoms. The molecule has 80 valence electrons. The monoisotopic (exact) mass is 215 g/mol. The van der Waals surface area contributed by atoms with Crippen LogP contribution >= 0.6 is 11.6 Å². The summed E-state index contributed by atoms with van der Waals surface area (Å²) in [6.45, 7) is 0.752. The van der Waals surface area contributed by atoms with E-state index in [2.05, 4.69) is 4.90 Å². The molecular formula is C11H18ClNO. The van der Waals surface area contributed by atoms with Gasteiger partial charge in [-0.15, -0.1) is 11.6 Å². The van der Waals surface area contributed by atoms with Crippen molar-refractivity contribution in [3.05, 3.63) is 0 Å². The van der Waals surface area contributed by atoms with Gasteiger partial charge >= 0.3 is 0 Å². The van der Waals surface area contributed by atoms with Crippen LogP contribution in [0, 0.1) is 5.92 Å². The maximum absolute atomic E-state index is 11.9. The number of carbonyl (C=O) groups is 1. The molecule has 0 atom stereocenters. The van der Waals surface area contributed by atoms with E-state index in [9.17, 15) is 4.79 Å². The van der Waals surface area contributed by atoms with Crippen LogP contribution in [0.3, 0.4) is 0 Å². The topological polar surface area (TPSA) is 20.3 Å². The molecule has 0 radical (unpaired) electrons. The van der Waals surface area contributed by atoms with Crippen LogP contribution in [-0.2, 0) is 4.79 Å². The fourth-order valence-corrected chi connectivity index (χ4v) is 2.53. The number of amides is 1. The highest BCUT2D eigenvalue weighted by Gasteiger charge is 2.36. The lowest BCUT2D eigenvalue weighted by molar-refractivity contribution is -0.134. The number of hydrogen-bond donors (Lipinski definition) is 0. The third-order valence-corrected chi connectivity index (χ3v) is 3.47. The average molecular weight is 216 g/mol. The van der Waals surface area contributed by atoms with Gasteiger partial charge in [-0.05, 0) is 25.7 Å². The Kier molecular flexibility index (Phi) is 3.32. The number of carbonyl (C=O) groups excluding carboxylic acids is 1. The van der Waals surface area contributed by atoms with Crippen molar-refractivity contribution >= 4 is 17.5 Å². The summed E-state index contributed by atoms with van der Waals surface area (Å²) in [5.74, 6) is 1.30. The van der Waals surface area contributed by atoms with E-state index in [1.54, 1.807) is 0 Å². The second-order valence-corrected chi connectivity index (χ2v) is 4.81. The van der Waals surface area contributed by atoms with Gasteiger partial charge in [0.05, 0.1) is 0 Å². The van der Waals surface area contributed by atoms with E-state index in [4.69, 9.17) is 11.6 Å². The summed E-state index contributed by atoms with van der Waals surface area (Å²) in [7, 11) is 0. The molecule has 0 N–H and O–H groups in total. The summed E-state index contributed by atoms with van der Waals surface area (Å²) in [5, 5.41) is 0. The Morgan fingerprint density at radius 1 is 1.21 bits per heavy atom. The highest BCUT2D eigenvalue weighted by Crippen LogP contribution is 2.34. The summed E-state index contributed by atoms with van der Waals surface area (Å²) in [6, 6.07) is 0.502. The predicted molar refractivity (Wildman–Crippen MR) is 57.4 cm³/mol. The van der Waals surface area contributed by atoms with Crippen LogP contribution in [0.25, 0.3) is 0 Å². The zero-order valence-corrected chi connectivity index (χ0v) is 9.30. The molecule has 0 aromatic carbocycles. The zero-order chi connectivity index (χ0) is 9.97. The van der Waals surface area contributed by atoms with Crippen molar-refractivity contribution in [2.75, 3.05) is 12.4 Å². The van der Waals surface area contributed by atoms with Gasteiger partial charge in [0.1, 0.15) is 0 Å². The van der Waals surface area contributed by atoms with Gasteiger partial charge < -0.3 is 4.90 Å². The van der Waals surface area contributed by atoms with E-state index in [1.165, 1.54) is 25.7 Å². The molecule has 0 bridgehead atoms. The van der Waals surface area contributed by atoms with E-state index >= 15 is 0 Å². The first-order valence-electron chi connectivity index (χ1n) is 5.69. The Morgan fingerprint density at radius 2 is 1.86 bits per heavy atom. The van der Waals surface area contributed by atoms with Gasteiger partial charge in [0.25, 0.3) is 0 Å². The molecule has 2 aliphatic carbocycles. The molecule has 3 heteroatoms. The first-order valence-corrected chi connectivity index (χ1v) is 6.23. The predicted octanol–water partition coefficient (Wildman–Crippen LogP) is 2.41. The SMILES string of the molecule is O=C(C1CC1)N(CCCl)C1CCCC1. The van der Waals surface area contributed by atoms with Crippen molar-refractivity contribution in [1.29, 1.82) is 0 Å². The molecule has 14 heavy (non-hydrogen) atoms. The largest absolute Gasteiger partial charge is 0.338 e. The van der Waals surface area contributed by atoms with Crippen LogP contribution < -0.4 is 0 Å². The summed E-state index contributed by atoms with van der Waals surface area (Å²) < 4.78 is 0. The molecule has 0 unspecified atom stereocenters. The summed E-state index contributed by atoms with van der Waals surface area (Å²) in [6.07, 6.45) is 7.14. The minimum atomic E-state index is 0.346. The molecular weight excluding hydrogens is 198 g/mol. The molecule has 2 saturated carbocycles. The molecule has 0 aromatic heterocycles. The van der Waals surface area contributed by atoms with Gasteiger partial charge in [0, 0.05) is 24.4 Å². The molecule has 0 aromatic rings. The lowest BCUT2D eigenvalue weighted by Gasteiger charge is -2.28. The molecule has 2 aliphatic rings. The smallest absolute Gasteiger partial charge is 0.225 e. The molecule has 0 aliphatic heterocycles. The van der Waals surface area contributed by atoms with Gasteiger partial charge in [-0.25, -0.2) is 0 Å². The second kappa shape index (κ2) is 4.52. The quantitative estimate of drug-likeness (QED) is 0.660. The first kappa shape index (κ1) is 10.3. The third-order valence-electron chi connectivity index (χ3n) is 3.30. The summed E-state index contributed by atoms with van der Waals surface area (Å²) >= 11 is 5.75. The average Bonchev–Trinajstić information content (AvgIpc) is 2.91. The van der Waals surface area contributed by atoms with Crippen LogP contribution in [0.5, 0.6) is 0 Å². The Labute approximate surface area is 90.6 Å². The minimum Gasteiger partial charge on any atom is -0.338 e. The number of alkyl halides is 1. The van der Waals surface area contributed by atoms with Crippen molar-refractivity contribution in [3.8, 4) is 0 Å². The van der Waals surface area contributed by atoms with Crippen LogP contribution in [0.15, 0.2) is 0 Å². The van der Waals surface area contributed by atoms with Gasteiger partial charge in [0.15, 0.2) is 0 Å².